The Morgan fingerprint density at radius 3 is 2.42 bits per heavy atom. The van der Waals surface area contributed by atoms with Gasteiger partial charge in [0.15, 0.2) is 11.6 Å². The van der Waals surface area contributed by atoms with Crippen LogP contribution in [0.1, 0.15) is 69.3 Å². The van der Waals surface area contributed by atoms with Crippen LogP contribution >= 0.6 is 0 Å². The second kappa shape index (κ2) is 9.56. The summed E-state index contributed by atoms with van der Waals surface area (Å²) in [6.45, 7) is 10.3. The first kappa shape index (κ1) is 24.8. The van der Waals surface area contributed by atoms with E-state index in [4.69, 9.17) is 0 Å². The molecule has 1 aromatic rings. The number of hydrogen-bond donors (Lipinski definition) is 2. The van der Waals surface area contributed by atoms with Crippen LogP contribution in [0.4, 0.5) is 8.78 Å². The van der Waals surface area contributed by atoms with E-state index in [0.29, 0.717) is 32.4 Å². The van der Waals surface area contributed by atoms with E-state index in [2.05, 4.69) is 33.5 Å². The smallest absolute Gasteiger partial charge is 0.257 e. The molecule has 2 N–H and O–H groups in total. The molecular weight excluding hydrogens is 428 g/mol. The molecule has 2 aliphatic heterocycles. The van der Waals surface area contributed by atoms with Gasteiger partial charge >= 0.3 is 0 Å². The van der Waals surface area contributed by atoms with Gasteiger partial charge in [-0.2, -0.15) is 5.26 Å². The molecule has 9 heteroatoms. The number of nitrogens with one attached hydrogen (secondary N) is 2. The first-order chi connectivity index (χ1) is 15.5. The van der Waals surface area contributed by atoms with Crippen LogP contribution in [0.15, 0.2) is 17.1 Å². The highest BCUT2D eigenvalue weighted by Crippen LogP contribution is 2.27. The number of likely N-dealkylation sites (tertiary alicyclic amines) is 1. The first-order valence-electron chi connectivity index (χ1n) is 11.3. The molecule has 1 fully saturated rings. The van der Waals surface area contributed by atoms with E-state index in [-0.39, 0.29) is 22.4 Å². The predicted octanol–water partition coefficient (Wildman–Crippen LogP) is 3.14. The number of halogens is 2. The molecule has 0 bridgehead atoms. The molecule has 3 rings (SSSR count). The van der Waals surface area contributed by atoms with Crippen LogP contribution < -0.4 is 10.6 Å². The number of rotatable bonds is 6. The number of carbonyl (C=O) groups excluding carboxylic acids is 2. The van der Waals surface area contributed by atoms with Gasteiger partial charge in [-0.25, -0.2) is 8.78 Å². The second-order valence-electron chi connectivity index (χ2n) is 10.0. The number of nitriles is 1. The molecule has 0 radical (unpaired) electrons. The second-order valence-corrected chi connectivity index (χ2v) is 10.0. The van der Waals surface area contributed by atoms with Gasteiger partial charge in [0.2, 0.25) is 5.91 Å². The molecule has 178 valence electrons. The molecule has 0 aliphatic carbocycles. The molecule has 1 atom stereocenters. The highest BCUT2D eigenvalue weighted by atomic mass is 19.2. The largest absolute Gasteiger partial charge is 0.336 e. The molecule has 0 spiro atoms. The Morgan fingerprint density at radius 1 is 1.27 bits per heavy atom. The number of carbonyl (C=O) groups is 2. The molecule has 1 aromatic carbocycles. The summed E-state index contributed by atoms with van der Waals surface area (Å²) in [6.07, 6.45) is 2.38. The van der Waals surface area contributed by atoms with Crippen LogP contribution in [0.25, 0.3) is 0 Å². The van der Waals surface area contributed by atoms with Crippen molar-refractivity contribution in [3.8, 4) is 6.07 Å². The molecule has 2 amide bonds. The standard InChI is InChI=1S/C24H31F2N5O2/c1-5-8-31-9-6-24(14-27,7-10-31)30-22(33)19(13-23(2,3)4)28-20-15-11-17(25)18(26)12-16(15)21(32)29-20/h11-12,19H,5-10,13H2,1-4H3,(H,30,33)(H,28,29,32). The zero-order valence-electron chi connectivity index (χ0n) is 19.6. The molecule has 2 aliphatic rings. The van der Waals surface area contributed by atoms with Gasteiger partial charge < -0.3 is 15.5 Å². The summed E-state index contributed by atoms with van der Waals surface area (Å²) < 4.78 is 27.5. The van der Waals surface area contributed by atoms with Gasteiger partial charge in [0.1, 0.15) is 17.4 Å². The van der Waals surface area contributed by atoms with Crippen molar-refractivity contribution in [1.29, 1.82) is 5.26 Å². The topological polar surface area (TPSA) is 97.6 Å². The van der Waals surface area contributed by atoms with Crippen LogP contribution in [-0.2, 0) is 4.79 Å². The van der Waals surface area contributed by atoms with Crippen molar-refractivity contribution in [1.82, 2.24) is 15.5 Å². The van der Waals surface area contributed by atoms with Crippen molar-refractivity contribution in [3.05, 3.63) is 34.9 Å². The lowest BCUT2D eigenvalue weighted by Gasteiger charge is -2.38. The fraction of sp³-hybridized carbons (Fsp3) is 0.583. The maximum absolute atomic E-state index is 13.8. The summed E-state index contributed by atoms with van der Waals surface area (Å²) in [5.41, 5.74) is -1.19. The predicted molar refractivity (Wildman–Crippen MR) is 121 cm³/mol. The molecule has 33 heavy (non-hydrogen) atoms. The summed E-state index contributed by atoms with van der Waals surface area (Å²) in [5.74, 6) is -3.22. The van der Waals surface area contributed by atoms with Gasteiger partial charge in [-0.05, 0) is 49.8 Å². The molecule has 0 saturated carbocycles. The van der Waals surface area contributed by atoms with Gasteiger partial charge in [0, 0.05) is 18.7 Å². The van der Waals surface area contributed by atoms with Gasteiger partial charge in [-0.3, -0.25) is 14.6 Å². The molecule has 0 aromatic heterocycles. The Hall–Kier alpha value is -2.86. The van der Waals surface area contributed by atoms with Gasteiger partial charge in [0.05, 0.1) is 11.6 Å². The summed E-state index contributed by atoms with van der Waals surface area (Å²) >= 11 is 0. The van der Waals surface area contributed by atoms with Crippen molar-refractivity contribution in [2.75, 3.05) is 19.6 Å². The Labute approximate surface area is 193 Å². The molecule has 2 heterocycles. The van der Waals surface area contributed by atoms with Crippen LogP contribution in [0.2, 0.25) is 0 Å². The van der Waals surface area contributed by atoms with E-state index >= 15 is 0 Å². The van der Waals surface area contributed by atoms with Crippen molar-refractivity contribution < 1.29 is 18.4 Å². The molecular formula is C24H31F2N5O2. The Balaban J connectivity index is 1.87. The Bertz CT molecular complexity index is 1000. The lowest BCUT2D eigenvalue weighted by Crippen LogP contribution is -2.56. The average molecular weight is 460 g/mol. The Morgan fingerprint density at radius 2 is 1.88 bits per heavy atom. The van der Waals surface area contributed by atoms with E-state index in [9.17, 15) is 23.6 Å². The molecule has 1 unspecified atom stereocenters. The van der Waals surface area contributed by atoms with Crippen LogP contribution in [0.5, 0.6) is 0 Å². The Kier molecular flexibility index (Phi) is 7.17. The van der Waals surface area contributed by atoms with Crippen LogP contribution in [-0.4, -0.2) is 53.8 Å². The lowest BCUT2D eigenvalue weighted by molar-refractivity contribution is -0.124. The lowest BCUT2D eigenvalue weighted by atomic mass is 9.85. The minimum absolute atomic E-state index is 0.0284. The third kappa shape index (κ3) is 5.74. The van der Waals surface area contributed by atoms with Crippen molar-refractivity contribution in [2.24, 2.45) is 10.4 Å². The van der Waals surface area contributed by atoms with Gasteiger partial charge in [-0.1, -0.05) is 27.7 Å². The van der Waals surface area contributed by atoms with Crippen molar-refractivity contribution in [3.63, 3.8) is 0 Å². The maximum Gasteiger partial charge on any atom is 0.257 e. The highest BCUT2D eigenvalue weighted by molar-refractivity contribution is 6.23. The zero-order valence-corrected chi connectivity index (χ0v) is 19.6. The van der Waals surface area contributed by atoms with E-state index < -0.39 is 35.0 Å². The van der Waals surface area contributed by atoms with Gasteiger partial charge in [0.25, 0.3) is 5.91 Å². The number of piperidine rings is 1. The number of fused-ring (bicyclic) bond motifs is 1. The van der Waals surface area contributed by atoms with Crippen molar-refractivity contribution in [2.45, 2.75) is 65.0 Å². The molecule has 7 nitrogen and oxygen atoms in total. The monoisotopic (exact) mass is 459 g/mol. The summed E-state index contributed by atoms with van der Waals surface area (Å²) in [6, 6.07) is 3.11. The number of hydrogen-bond acceptors (Lipinski definition) is 5. The molecule has 1 saturated heterocycles. The number of aliphatic imine (C=N–C) groups is 1. The third-order valence-electron chi connectivity index (χ3n) is 6.01. The third-order valence-corrected chi connectivity index (χ3v) is 6.01. The normalized spacial score (nSPS) is 20.2. The van der Waals surface area contributed by atoms with Gasteiger partial charge in [-0.15, -0.1) is 0 Å². The minimum Gasteiger partial charge on any atom is -0.336 e. The quantitative estimate of drug-likeness (QED) is 0.683. The van der Waals surface area contributed by atoms with E-state index in [1.54, 1.807) is 0 Å². The van der Waals surface area contributed by atoms with Crippen LogP contribution in [0.3, 0.4) is 0 Å². The SMILES string of the molecule is CCCN1CCC(C#N)(NC(=O)C(CC(C)(C)C)N=C2NC(=O)c3cc(F)c(F)cc32)CC1. The number of amides is 2. The fourth-order valence-corrected chi connectivity index (χ4v) is 4.27. The van der Waals surface area contributed by atoms with Crippen molar-refractivity contribution >= 4 is 17.6 Å². The summed E-state index contributed by atoms with van der Waals surface area (Å²) in [5, 5.41) is 15.3. The fourth-order valence-electron chi connectivity index (χ4n) is 4.27. The zero-order chi connectivity index (χ0) is 24.4. The number of benzene rings is 1. The number of nitrogens with zero attached hydrogens (tertiary/aromatic N) is 3. The average Bonchev–Trinajstić information content (AvgIpc) is 3.03. The highest BCUT2D eigenvalue weighted by Gasteiger charge is 2.39. The van der Waals surface area contributed by atoms with E-state index in [1.165, 1.54) is 0 Å². The summed E-state index contributed by atoms with van der Waals surface area (Å²) in [4.78, 5) is 32.3. The summed E-state index contributed by atoms with van der Waals surface area (Å²) in [7, 11) is 0. The number of amidine groups is 1. The first-order valence-corrected chi connectivity index (χ1v) is 11.3. The van der Waals surface area contributed by atoms with E-state index in [1.807, 2.05) is 20.8 Å². The van der Waals surface area contributed by atoms with Crippen LogP contribution in [0, 0.1) is 28.4 Å². The van der Waals surface area contributed by atoms with E-state index in [0.717, 1.165) is 25.1 Å². The minimum atomic E-state index is -1.13. The maximum atomic E-state index is 13.8.